The maximum Gasteiger partial charge on any atom is 0.469 e. The van der Waals surface area contributed by atoms with E-state index in [1.165, 1.54) is 33.3 Å². The van der Waals surface area contributed by atoms with Crippen molar-refractivity contribution >= 4 is 102 Å². The molecule has 0 spiro atoms. The number of phosphoric ester groups is 1. The number of carbonyl (C=O) groups is 11. The highest BCUT2D eigenvalue weighted by atomic mass is 32.1. The fraction of sp³-hybridized carbons (Fsp3) is 0.481. The van der Waals surface area contributed by atoms with Gasteiger partial charge in [-0.3, -0.25) is 67.3 Å². The van der Waals surface area contributed by atoms with E-state index >= 15 is 0 Å². The van der Waals surface area contributed by atoms with E-state index in [1.54, 1.807) is 60.1 Å². The van der Waals surface area contributed by atoms with Crippen molar-refractivity contribution in [1.29, 1.82) is 0 Å². The zero-order chi connectivity index (χ0) is 84.5. The third-order valence-corrected chi connectivity index (χ3v) is 23.1. The molecular weight excluding hydrogens is 1570 g/mol. The summed E-state index contributed by atoms with van der Waals surface area (Å²) in [6.45, 7) is 12.5. The zero-order valence-electron chi connectivity index (χ0n) is 66.1. The number of hydrogen-bond donors (Lipinski definition) is 11. The monoisotopic (exact) mass is 1670 g/mol. The molecule has 6 aromatic rings. The predicted octanol–water partition coefficient (Wildman–Crippen LogP) is 5.37. The molecule has 5 aliphatic rings. The number of carboxylic acids is 1. The number of anilines is 3. The number of nitrogens with one attached hydrogen (secondary N) is 6. The van der Waals surface area contributed by atoms with E-state index in [1.807, 2.05) is 65.0 Å². The van der Waals surface area contributed by atoms with Gasteiger partial charge in [0.15, 0.2) is 11.6 Å². The van der Waals surface area contributed by atoms with Gasteiger partial charge in [-0.25, -0.2) is 19.1 Å². The number of aliphatic carboxylic acids is 1. The molecule has 0 radical (unpaired) electrons. The molecule has 0 unspecified atom stereocenters. The Balaban J connectivity index is 0.668. The number of rotatable bonds is 37. The summed E-state index contributed by atoms with van der Waals surface area (Å²) in [5, 5.41) is 49.3. The average molecular weight is 1670 g/mol. The molecule has 0 saturated carbocycles. The average Bonchev–Trinajstić information content (AvgIpc) is 0.954. The van der Waals surface area contributed by atoms with Gasteiger partial charge in [0.25, 0.3) is 17.7 Å². The molecule has 118 heavy (non-hydrogen) atoms. The van der Waals surface area contributed by atoms with E-state index in [9.17, 15) is 77.3 Å². The van der Waals surface area contributed by atoms with Crippen LogP contribution in [-0.2, 0) is 63.6 Å². The van der Waals surface area contributed by atoms with Crippen molar-refractivity contribution < 1.29 is 95.8 Å². The minimum Gasteiger partial charge on any atom is -0.507 e. The molecule has 632 valence electrons. The smallest absolute Gasteiger partial charge is 0.469 e. The number of urea groups is 1. The lowest BCUT2D eigenvalue weighted by Gasteiger charge is -2.53. The SMILES string of the molecule is Cc1ncsc1-c1ccc([C@H](C)NC(=O)[C@@H]2C[C@@H](OP(=O)(O)O)CN2C(=O)[C@@H](c2cc(OCCN3CCC(N4CCN5c6cc(-c7ccccc7O)nnc6N(C(=O)OCc6ccc(NC(=O)[C@H](CCCNC(N)=O)NC(=O)CNC(=O)[C@H](CCC(=O)O)NC(=O)CCCCCN7C(=O)C=CC7=O)cc6)[C@@H](C)[C@@H]5C4)CC3)no2)C(C)C)cc1. The second-order valence-electron chi connectivity index (χ2n) is 30.1. The molecule has 8 heterocycles. The Morgan fingerprint density at radius 2 is 1.51 bits per heavy atom. The standard InChI is InChI=1S/C79H100N17O20PS/c1-46(2)71(77(107)95-42-55(116-117(110,111)112)38-61(95)76(106)84-47(3)51-18-20-52(21-19-51)72-48(4)83-45-118-72)64-40-67(90-115-64)113-37-36-91-32-28-54(29-33-91)92-34-35-93-60-39-59(56-12-8-9-14-63(56)97)88-89-73(60)96(49(5)62(93)43-92)79(109)114-44-50-16-22-53(23-17-50)85-75(105)57(13-11-30-81-78(80)108)87-66(99)41-82-74(104)58(24-27-70(102)103)86-65(98)15-7-6-10-31-94-68(100)25-26-69(94)101/h8-9,12,14,16-23,25-26,39-40,45-47,49,54-55,57-58,61-62,71,97H,6-7,10-11,13,15,24,27-38,41-44H2,1-5H3,(H,82,104)(H,84,106)(H,85,105)(H,86,98)(H,87,99)(H,102,103)(H3,80,81,108)(H2,110,111,112)/t47-,49-,55+,57-,58-,61-,62-,71+/m0/s1. The van der Waals surface area contributed by atoms with Crippen molar-refractivity contribution in [3.8, 4) is 33.3 Å². The molecule has 0 aliphatic carbocycles. The molecule has 5 aliphatic heterocycles. The first-order chi connectivity index (χ1) is 56.4. The maximum absolute atomic E-state index is 14.7. The lowest BCUT2D eigenvalue weighted by molar-refractivity contribution is -0.141. The number of carboxylic acid groups (broad SMARTS) is 1. The number of phenols is 1. The van der Waals surface area contributed by atoms with E-state index in [-0.39, 0.29) is 106 Å². The number of benzene rings is 3. The van der Waals surface area contributed by atoms with Crippen LogP contribution in [0.4, 0.5) is 26.8 Å². The summed E-state index contributed by atoms with van der Waals surface area (Å²) in [4.78, 5) is 179. The summed E-state index contributed by atoms with van der Waals surface area (Å²) in [7, 11) is -5.01. The van der Waals surface area contributed by atoms with Crippen LogP contribution < -0.4 is 52.2 Å². The largest absolute Gasteiger partial charge is 0.507 e. The molecule has 0 bridgehead atoms. The molecule has 12 N–H and O–H groups in total. The maximum atomic E-state index is 14.7. The van der Waals surface area contributed by atoms with Crippen LogP contribution in [0.1, 0.15) is 133 Å². The number of para-hydroxylation sites is 1. The first kappa shape index (κ1) is 87.6. The number of piperidine rings is 1. The van der Waals surface area contributed by atoms with Crippen LogP contribution in [0.25, 0.3) is 21.7 Å². The minimum atomic E-state index is -5.01. The van der Waals surface area contributed by atoms with Gasteiger partial charge >= 0.3 is 25.9 Å². The number of unbranched alkanes of at least 4 members (excludes halogenated alkanes) is 2. The van der Waals surface area contributed by atoms with E-state index in [2.05, 4.69) is 66.9 Å². The molecule has 39 heteroatoms. The lowest BCUT2D eigenvalue weighted by Crippen LogP contribution is -2.66. The van der Waals surface area contributed by atoms with E-state index < -0.39 is 128 Å². The Bertz CT molecular complexity index is 4670. The number of aromatic hydroxyl groups is 1. The Morgan fingerprint density at radius 3 is 2.19 bits per heavy atom. The molecular formula is C79H100N17O20PS. The number of primary amides is 1. The van der Waals surface area contributed by atoms with Gasteiger partial charge in [0.1, 0.15) is 43.0 Å². The van der Waals surface area contributed by atoms with Crippen molar-refractivity contribution in [3.05, 3.63) is 125 Å². The number of likely N-dealkylation sites (tertiary alicyclic amines) is 2. The number of imide groups is 1. The number of phosphoric acid groups is 1. The van der Waals surface area contributed by atoms with Crippen molar-refractivity contribution in [2.24, 2.45) is 11.7 Å². The fourth-order valence-corrected chi connectivity index (χ4v) is 16.7. The molecule has 3 fully saturated rings. The van der Waals surface area contributed by atoms with Crippen LogP contribution in [0.3, 0.4) is 0 Å². The molecule has 3 aromatic carbocycles. The van der Waals surface area contributed by atoms with Gasteiger partial charge in [-0.15, -0.1) is 21.5 Å². The quantitative estimate of drug-likeness (QED) is 0.0133. The van der Waals surface area contributed by atoms with Crippen LogP contribution in [-0.4, -0.2) is 240 Å². The zero-order valence-corrected chi connectivity index (χ0v) is 67.8. The van der Waals surface area contributed by atoms with Gasteiger partial charge in [0, 0.05) is 101 Å². The highest BCUT2D eigenvalue weighted by Crippen LogP contribution is 2.44. The van der Waals surface area contributed by atoms with Crippen LogP contribution in [0, 0.1) is 12.8 Å². The summed E-state index contributed by atoms with van der Waals surface area (Å²) in [6.07, 6.45) is 2.55. The van der Waals surface area contributed by atoms with Gasteiger partial charge in [-0.2, -0.15) is 0 Å². The topological polar surface area (TPSA) is 496 Å². The van der Waals surface area contributed by atoms with Gasteiger partial charge in [-0.05, 0) is 137 Å². The molecule has 11 amide bonds. The molecule has 3 saturated heterocycles. The summed E-state index contributed by atoms with van der Waals surface area (Å²) in [5.41, 5.74) is 12.0. The number of nitrogens with two attached hydrogens (primary N) is 1. The second-order valence-corrected chi connectivity index (χ2v) is 32.2. The second kappa shape index (κ2) is 40.2. The number of piperazine rings is 1. The third-order valence-electron chi connectivity index (χ3n) is 21.6. The molecule has 11 rings (SSSR count). The Labute approximate surface area is 684 Å². The van der Waals surface area contributed by atoms with Crippen molar-refractivity contribution in [2.45, 2.75) is 166 Å². The predicted molar refractivity (Wildman–Crippen MR) is 429 cm³/mol. The fourth-order valence-electron chi connectivity index (χ4n) is 15.4. The summed E-state index contributed by atoms with van der Waals surface area (Å²) >= 11 is 1.53. The Hall–Kier alpha value is -11.3. The Kier molecular flexibility index (Phi) is 29.9. The number of phenolic OH excluding ortho intramolecular Hbond substituents is 1. The lowest BCUT2D eigenvalue weighted by atomic mass is 9.91. The third kappa shape index (κ3) is 23.1. The number of thiazole rings is 1. The summed E-state index contributed by atoms with van der Waals surface area (Å²) < 4.78 is 35.1. The van der Waals surface area contributed by atoms with Crippen molar-refractivity contribution in [2.75, 3.05) is 87.2 Å². The number of ether oxygens (including phenoxy) is 2. The minimum absolute atomic E-state index is 0.000606. The van der Waals surface area contributed by atoms with Gasteiger partial charge in [0.2, 0.25) is 35.4 Å². The summed E-state index contributed by atoms with van der Waals surface area (Å²) in [5.74, 6) is -6.74. The van der Waals surface area contributed by atoms with Crippen molar-refractivity contribution in [1.82, 2.24) is 66.5 Å². The molecule has 8 atom stereocenters. The van der Waals surface area contributed by atoms with Crippen molar-refractivity contribution in [3.63, 3.8) is 0 Å². The highest BCUT2D eigenvalue weighted by molar-refractivity contribution is 7.46. The Morgan fingerprint density at radius 1 is 0.788 bits per heavy atom. The van der Waals surface area contributed by atoms with E-state index in [0.717, 1.165) is 52.5 Å². The first-order valence-electron chi connectivity index (χ1n) is 39.3. The molecule has 3 aromatic heterocycles. The van der Waals surface area contributed by atoms with Gasteiger partial charge < -0.3 is 81.4 Å². The number of carbonyl (C=O) groups excluding carboxylic acids is 10. The molecule has 37 nitrogen and oxygen atoms in total. The number of aromatic nitrogens is 4. The number of hydrogen-bond acceptors (Lipinski definition) is 25. The first-order valence-corrected chi connectivity index (χ1v) is 41.7. The van der Waals surface area contributed by atoms with Crippen LogP contribution in [0.15, 0.2) is 107 Å². The van der Waals surface area contributed by atoms with Crippen LogP contribution in [0.5, 0.6) is 11.6 Å². The van der Waals surface area contributed by atoms with E-state index in [0.29, 0.717) is 73.6 Å². The number of nitrogens with zero attached hydrogens (tertiary/aromatic N) is 10. The normalized spacial score (nSPS) is 18.7. The highest BCUT2D eigenvalue weighted by Gasteiger charge is 2.48. The van der Waals surface area contributed by atoms with Crippen LogP contribution >= 0.6 is 19.2 Å². The van der Waals surface area contributed by atoms with Crippen LogP contribution in [0.2, 0.25) is 0 Å². The van der Waals surface area contributed by atoms with E-state index in [4.69, 9.17) is 24.3 Å². The van der Waals surface area contributed by atoms with Gasteiger partial charge in [-0.1, -0.05) is 68.8 Å². The number of amides is 11. The number of aryl methyl sites for hydroxylation is 1. The van der Waals surface area contributed by atoms with Gasteiger partial charge in [0.05, 0.1) is 58.2 Å². The summed E-state index contributed by atoms with van der Waals surface area (Å²) in [6, 6.07) is 18.7. The number of fused-ring (bicyclic) bond motifs is 3.